The first kappa shape index (κ1) is 19.4. The molecule has 4 rings (SSSR count). The number of ether oxygens (including phenoxy) is 1. The Labute approximate surface area is 170 Å². The molecule has 1 aliphatic carbocycles. The Bertz CT molecular complexity index is 929. The number of aromatic nitrogens is 2. The van der Waals surface area contributed by atoms with E-state index in [4.69, 9.17) is 16.3 Å². The van der Waals surface area contributed by atoms with E-state index in [1.54, 1.807) is 29.0 Å². The van der Waals surface area contributed by atoms with Crippen LogP contribution < -0.4 is 9.64 Å². The maximum atomic E-state index is 13.0. The monoisotopic (exact) mass is 422 g/mol. The van der Waals surface area contributed by atoms with Gasteiger partial charge in [0.2, 0.25) is 10.0 Å². The molecule has 2 aromatic rings. The van der Waals surface area contributed by atoms with Crippen molar-refractivity contribution in [3.63, 3.8) is 0 Å². The van der Waals surface area contributed by atoms with Crippen LogP contribution >= 0.6 is 11.6 Å². The first-order chi connectivity index (χ1) is 13.5. The summed E-state index contributed by atoms with van der Waals surface area (Å²) < 4.78 is 32.7. The van der Waals surface area contributed by atoms with Crippen LogP contribution in [0.4, 0.5) is 5.82 Å². The SMILES string of the molecule is COc1ccc(S(=O)(=O)N2CCC(N(c3ccncn3)C3CC3)CC2)cc1Cl. The number of hydrogen-bond donors (Lipinski definition) is 0. The maximum Gasteiger partial charge on any atom is 0.243 e. The van der Waals surface area contributed by atoms with Crippen molar-refractivity contribution in [1.29, 1.82) is 0 Å². The van der Waals surface area contributed by atoms with Crippen molar-refractivity contribution in [2.45, 2.75) is 42.7 Å². The van der Waals surface area contributed by atoms with Crippen LogP contribution in [0.1, 0.15) is 25.7 Å². The lowest BCUT2D eigenvalue weighted by Crippen LogP contribution is -2.48. The fraction of sp³-hybridized carbons (Fsp3) is 0.474. The van der Waals surface area contributed by atoms with Crippen molar-refractivity contribution in [2.75, 3.05) is 25.1 Å². The van der Waals surface area contributed by atoms with Crippen LogP contribution in [0, 0.1) is 0 Å². The van der Waals surface area contributed by atoms with Crippen LogP contribution in [-0.4, -0.2) is 55.0 Å². The maximum absolute atomic E-state index is 13.0. The Kier molecular flexibility index (Phi) is 5.44. The summed E-state index contributed by atoms with van der Waals surface area (Å²) in [5, 5.41) is 0.294. The van der Waals surface area contributed by atoms with Crippen LogP contribution in [0.3, 0.4) is 0 Å². The number of methoxy groups -OCH3 is 1. The van der Waals surface area contributed by atoms with Gasteiger partial charge in [-0.1, -0.05) is 11.6 Å². The third-order valence-electron chi connectivity index (χ3n) is 5.35. The fourth-order valence-corrected chi connectivity index (χ4v) is 5.60. The molecule has 0 atom stereocenters. The average molecular weight is 423 g/mol. The third kappa shape index (κ3) is 3.81. The standard InChI is InChI=1S/C19H23ClN4O3S/c1-27-18-5-4-16(12-17(18)20)28(25,26)23-10-7-15(8-11-23)24(14-2-3-14)19-6-9-21-13-22-19/h4-6,9,12-15H,2-3,7-8,10-11H2,1H3. The van der Waals surface area contributed by atoms with E-state index in [2.05, 4.69) is 14.9 Å². The molecule has 1 saturated carbocycles. The molecule has 2 aliphatic rings. The van der Waals surface area contributed by atoms with Crippen molar-refractivity contribution >= 4 is 27.4 Å². The summed E-state index contributed by atoms with van der Waals surface area (Å²) in [6.07, 6.45) is 7.18. The van der Waals surface area contributed by atoms with Crippen LogP contribution in [0.25, 0.3) is 0 Å². The molecule has 2 heterocycles. The van der Waals surface area contributed by atoms with Gasteiger partial charge in [0.1, 0.15) is 17.9 Å². The van der Waals surface area contributed by atoms with Gasteiger partial charge in [-0.3, -0.25) is 0 Å². The van der Waals surface area contributed by atoms with Gasteiger partial charge in [0, 0.05) is 31.4 Å². The van der Waals surface area contributed by atoms with Crippen molar-refractivity contribution < 1.29 is 13.2 Å². The van der Waals surface area contributed by atoms with E-state index in [9.17, 15) is 8.42 Å². The lowest BCUT2D eigenvalue weighted by molar-refractivity contribution is 0.308. The van der Waals surface area contributed by atoms with Gasteiger partial charge in [0.25, 0.3) is 0 Å². The summed E-state index contributed by atoms with van der Waals surface area (Å²) in [6.45, 7) is 0.954. The van der Waals surface area contributed by atoms with Crippen molar-refractivity contribution in [3.8, 4) is 5.75 Å². The number of benzene rings is 1. The van der Waals surface area contributed by atoms with Gasteiger partial charge in [-0.25, -0.2) is 18.4 Å². The second kappa shape index (κ2) is 7.85. The number of anilines is 1. The molecule has 1 saturated heterocycles. The molecule has 0 spiro atoms. The predicted octanol–water partition coefficient (Wildman–Crippen LogP) is 2.96. The number of rotatable bonds is 6. The molecule has 0 N–H and O–H groups in total. The quantitative estimate of drug-likeness (QED) is 0.712. The Morgan fingerprint density at radius 3 is 2.43 bits per heavy atom. The Morgan fingerprint density at radius 1 is 1.14 bits per heavy atom. The number of halogens is 1. The summed E-state index contributed by atoms with van der Waals surface area (Å²) >= 11 is 6.12. The summed E-state index contributed by atoms with van der Waals surface area (Å²) in [7, 11) is -2.08. The Hall–Kier alpha value is -1.90. The van der Waals surface area contributed by atoms with Crippen LogP contribution in [0.5, 0.6) is 5.75 Å². The van der Waals surface area contributed by atoms with Crippen LogP contribution in [0.15, 0.2) is 41.7 Å². The van der Waals surface area contributed by atoms with E-state index in [0.29, 0.717) is 29.9 Å². The first-order valence-corrected chi connectivity index (χ1v) is 11.2. The molecule has 7 nitrogen and oxygen atoms in total. The van der Waals surface area contributed by atoms with E-state index >= 15 is 0 Å². The second-order valence-electron chi connectivity index (χ2n) is 7.14. The molecule has 0 unspecified atom stereocenters. The molecule has 28 heavy (non-hydrogen) atoms. The molecule has 0 amide bonds. The van der Waals surface area contributed by atoms with Gasteiger partial charge in [-0.15, -0.1) is 0 Å². The summed E-state index contributed by atoms with van der Waals surface area (Å²) in [6, 6.07) is 7.31. The summed E-state index contributed by atoms with van der Waals surface area (Å²) in [4.78, 5) is 11.0. The van der Waals surface area contributed by atoms with Crippen molar-refractivity contribution in [3.05, 3.63) is 41.8 Å². The highest BCUT2D eigenvalue weighted by molar-refractivity contribution is 7.89. The molecule has 0 bridgehead atoms. The fourth-order valence-electron chi connectivity index (χ4n) is 3.78. The van der Waals surface area contributed by atoms with E-state index in [1.165, 1.54) is 13.2 Å². The smallest absolute Gasteiger partial charge is 0.243 e. The number of nitrogens with zero attached hydrogens (tertiary/aromatic N) is 4. The van der Waals surface area contributed by atoms with Gasteiger partial charge in [0.15, 0.2) is 0 Å². The summed E-state index contributed by atoms with van der Waals surface area (Å²) in [5.74, 6) is 1.39. The van der Waals surface area contributed by atoms with Gasteiger partial charge < -0.3 is 9.64 Å². The predicted molar refractivity (Wildman–Crippen MR) is 107 cm³/mol. The molecule has 2 fully saturated rings. The number of hydrogen-bond acceptors (Lipinski definition) is 6. The highest BCUT2D eigenvalue weighted by Gasteiger charge is 2.38. The molecule has 9 heteroatoms. The lowest BCUT2D eigenvalue weighted by Gasteiger charge is -2.38. The van der Waals surface area contributed by atoms with Gasteiger partial charge >= 0.3 is 0 Å². The minimum Gasteiger partial charge on any atom is -0.495 e. The molecule has 1 aliphatic heterocycles. The minimum absolute atomic E-state index is 0.201. The molecule has 0 radical (unpaired) electrons. The highest BCUT2D eigenvalue weighted by atomic mass is 35.5. The van der Waals surface area contributed by atoms with E-state index in [1.807, 2.05) is 6.07 Å². The lowest BCUT2D eigenvalue weighted by atomic mass is 10.0. The van der Waals surface area contributed by atoms with Crippen molar-refractivity contribution in [2.24, 2.45) is 0 Å². The zero-order chi connectivity index (χ0) is 19.7. The summed E-state index contributed by atoms with van der Waals surface area (Å²) in [5.41, 5.74) is 0. The number of piperidine rings is 1. The molecular weight excluding hydrogens is 400 g/mol. The Balaban J connectivity index is 1.48. The van der Waals surface area contributed by atoms with Crippen molar-refractivity contribution in [1.82, 2.24) is 14.3 Å². The molecule has 1 aromatic carbocycles. The Morgan fingerprint density at radius 2 is 1.86 bits per heavy atom. The van der Waals surface area contributed by atoms with Gasteiger partial charge in [-0.05, 0) is 49.9 Å². The van der Waals surface area contributed by atoms with E-state index in [0.717, 1.165) is 31.5 Å². The third-order valence-corrected chi connectivity index (χ3v) is 7.54. The topological polar surface area (TPSA) is 75.6 Å². The minimum atomic E-state index is -3.58. The molecule has 150 valence electrons. The van der Waals surface area contributed by atoms with Gasteiger partial charge in [-0.2, -0.15) is 4.31 Å². The molecular formula is C19H23ClN4O3S. The van der Waals surface area contributed by atoms with Crippen LogP contribution in [-0.2, 0) is 10.0 Å². The van der Waals surface area contributed by atoms with Crippen LogP contribution in [0.2, 0.25) is 5.02 Å². The zero-order valence-electron chi connectivity index (χ0n) is 15.7. The first-order valence-electron chi connectivity index (χ1n) is 9.39. The second-order valence-corrected chi connectivity index (χ2v) is 9.48. The normalized spacial score (nSPS) is 18.8. The highest BCUT2D eigenvalue weighted by Crippen LogP contribution is 2.36. The molecule has 1 aromatic heterocycles. The van der Waals surface area contributed by atoms with E-state index < -0.39 is 10.0 Å². The van der Waals surface area contributed by atoms with E-state index in [-0.39, 0.29) is 10.9 Å². The number of sulfonamides is 1. The largest absolute Gasteiger partial charge is 0.495 e. The average Bonchev–Trinajstić information content (AvgIpc) is 3.54. The zero-order valence-corrected chi connectivity index (χ0v) is 17.2. The van der Waals surface area contributed by atoms with Gasteiger partial charge in [0.05, 0.1) is 17.0 Å².